The number of benzene rings is 2. The Balaban J connectivity index is 1.61. The van der Waals surface area contributed by atoms with Gasteiger partial charge >= 0.3 is 0 Å². The van der Waals surface area contributed by atoms with Crippen LogP contribution in [0, 0.1) is 4.77 Å². The molecule has 2 aromatic carbocycles. The van der Waals surface area contributed by atoms with Crippen molar-refractivity contribution in [2.45, 2.75) is 39.9 Å². The van der Waals surface area contributed by atoms with Crippen molar-refractivity contribution in [2.75, 3.05) is 20.2 Å². The average molecular weight is 454 g/mol. The number of aromatic nitrogens is 3. The Morgan fingerprint density at radius 1 is 1.12 bits per heavy atom. The molecule has 170 valence electrons. The van der Waals surface area contributed by atoms with Gasteiger partial charge in [0.05, 0.1) is 7.11 Å². The number of carbonyl (C=O) groups excluding carboxylic acids is 1. The molecule has 0 spiro atoms. The summed E-state index contributed by atoms with van der Waals surface area (Å²) >= 11 is 5.38. The molecule has 32 heavy (non-hydrogen) atoms. The van der Waals surface area contributed by atoms with E-state index in [0.717, 1.165) is 36.5 Å². The van der Waals surface area contributed by atoms with Gasteiger partial charge in [0.2, 0.25) is 5.91 Å². The molecule has 0 aliphatic rings. The summed E-state index contributed by atoms with van der Waals surface area (Å²) in [5, 5.41) is 10.2. The molecular weight excluding hydrogens is 422 g/mol. The number of H-pyrrole nitrogens is 1. The van der Waals surface area contributed by atoms with E-state index in [1.165, 1.54) is 5.56 Å². The molecule has 0 fully saturated rings. The van der Waals surface area contributed by atoms with Gasteiger partial charge in [0, 0.05) is 31.6 Å². The Labute approximate surface area is 194 Å². The number of amides is 1. The van der Waals surface area contributed by atoms with Crippen molar-refractivity contribution >= 4 is 18.1 Å². The summed E-state index contributed by atoms with van der Waals surface area (Å²) in [5.74, 6) is 1.46. The topological polar surface area (TPSA) is 75.2 Å². The molecule has 2 N–H and O–H groups in total. The molecule has 3 rings (SSSR count). The van der Waals surface area contributed by atoms with Crippen LogP contribution < -0.4 is 10.1 Å². The lowest BCUT2D eigenvalue weighted by molar-refractivity contribution is -0.121. The van der Waals surface area contributed by atoms with Crippen LogP contribution in [0.3, 0.4) is 0 Å². The molecule has 8 heteroatoms. The van der Waals surface area contributed by atoms with Crippen LogP contribution >= 0.6 is 12.2 Å². The van der Waals surface area contributed by atoms with Gasteiger partial charge in [-0.05, 0) is 60.7 Å². The minimum absolute atomic E-state index is 0.0218. The number of carbonyl (C=O) groups is 1. The number of nitrogens with one attached hydrogen (secondary N) is 2. The quantitative estimate of drug-likeness (QED) is 0.426. The summed E-state index contributed by atoms with van der Waals surface area (Å²) in [6.07, 6.45) is 0.315. The van der Waals surface area contributed by atoms with E-state index in [1.807, 2.05) is 41.0 Å². The molecule has 3 aromatic rings. The molecule has 7 nitrogen and oxygen atoms in total. The van der Waals surface area contributed by atoms with Crippen LogP contribution in [0.1, 0.15) is 31.4 Å². The highest BCUT2D eigenvalue weighted by atomic mass is 32.1. The highest BCUT2D eigenvalue weighted by Gasteiger charge is 2.12. The second-order valence-electron chi connectivity index (χ2n) is 7.49. The van der Waals surface area contributed by atoms with Crippen LogP contribution in [0.15, 0.2) is 48.5 Å². The number of ether oxygens (including phenoxy) is 1. The molecule has 0 aliphatic heterocycles. The lowest BCUT2D eigenvalue weighted by atomic mass is 10.1. The lowest BCUT2D eigenvalue weighted by Gasteiger charge is -2.20. The van der Waals surface area contributed by atoms with Gasteiger partial charge in [0.15, 0.2) is 10.6 Å². The molecule has 0 unspecified atom stereocenters. The predicted octanol–water partition coefficient (Wildman–Crippen LogP) is 4.16. The highest BCUT2D eigenvalue weighted by Crippen LogP contribution is 2.21. The van der Waals surface area contributed by atoms with E-state index in [9.17, 15) is 4.79 Å². The zero-order valence-corrected chi connectivity index (χ0v) is 19.7. The van der Waals surface area contributed by atoms with Crippen LogP contribution in [0.5, 0.6) is 5.75 Å². The third-order valence-electron chi connectivity index (χ3n) is 5.55. The van der Waals surface area contributed by atoms with Crippen molar-refractivity contribution in [2.24, 2.45) is 0 Å². The summed E-state index contributed by atoms with van der Waals surface area (Å²) in [6, 6.07) is 15.9. The van der Waals surface area contributed by atoms with Crippen molar-refractivity contribution in [1.29, 1.82) is 0 Å². The molecule has 0 bridgehead atoms. The summed E-state index contributed by atoms with van der Waals surface area (Å²) < 4.78 is 7.56. The monoisotopic (exact) mass is 453 g/mol. The number of hydrogen-bond donors (Lipinski definition) is 2. The Morgan fingerprint density at radius 2 is 1.81 bits per heavy atom. The van der Waals surface area contributed by atoms with E-state index in [4.69, 9.17) is 17.0 Å². The van der Waals surface area contributed by atoms with E-state index in [1.54, 1.807) is 7.11 Å². The van der Waals surface area contributed by atoms with Crippen LogP contribution in [-0.4, -0.2) is 45.8 Å². The summed E-state index contributed by atoms with van der Waals surface area (Å²) in [7, 11) is 1.63. The second kappa shape index (κ2) is 11.6. The Kier molecular flexibility index (Phi) is 8.58. The zero-order chi connectivity index (χ0) is 22.9. The van der Waals surface area contributed by atoms with Gasteiger partial charge in [-0.3, -0.25) is 19.4 Å². The fraction of sp³-hybridized carbons (Fsp3) is 0.375. The smallest absolute Gasteiger partial charge is 0.222 e. The average Bonchev–Trinajstić information content (AvgIpc) is 3.20. The second-order valence-corrected chi connectivity index (χ2v) is 7.88. The minimum Gasteiger partial charge on any atom is -0.497 e. The molecule has 1 aromatic heterocycles. The molecule has 0 atom stereocenters. The number of rotatable bonds is 11. The van der Waals surface area contributed by atoms with Gasteiger partial charge < -0.3 is 10.1 Å². The van der Waals surface area contributed by atoms with Gasteiger partial charge in [-0.25, -0.2) is 0 Å². The predicted molar refractivity (Wildman–Crippen MR) is 129 cm³/mol. The molecule has 0 aliphatic carbocycles. The number of aromatic amines is 1. The summed E-state index contributed by atoms with van der Waals surface area (Å²) in [5.41, 5.74) is 3.30. The summed E-state index contributed by atoms with van der Waals surface area (Å²) in [6.45, 7) is 8.17. The highest BCUT2D eigenvalue weighted by molar-refractivity contribution is 7.71. The van der Waals surface area contributed by atoms with Crippen molar-refractivity contribution in [3.8, 4) is 17.1 Å². The van der Waals surface area contributed by atoms with Crippen LogP contribution in [-0.2, 0) is 24.4 Å². The maximum Gasteiger partial charge on any atom is 0.222 e. The fourth-order valence-corrected chi connectivity index (χ4v) is 3.78. The third-order valence-corrected chi connectivity index (χ3v) is 5.86. The largest absolute Gasteiger partial charge is 0.497 e. The normalized spacial score (nSPS) is 11.0. The van der Waals surface area contributed by atoms with Gasteiger partial charge in [-0.15, -0.1) is 0 Å². The van der Waals surface area contributed by atoms with Gasteiger partial charge in [-0.2, -0.15) is 5.10 Å². The minimum atomic E-state index is -0.0218. The molecule has 1 amide bonds. The number of methoxy groups -OCH3 is 1. The molecule has 0 saturated carbocycles. The van der Waals surface area contributed by atoms with Crippen molar-refractivity contribution < 1.29 is 9.53 Å². The van der Waals surface area contributed by atoms with E-state index in [0.29, 0.717) is 30.1 Å². The molecule has 0 radical (unpaired) electrons. The Hall–Kier alpha value is -2.97. The van der Waals surface area contributed by atoms with Gasteiger partial charge in [0.25, 0.3) is 0 Å². The number of nitrogens with zero attached hydrogens (tertiary/aromatic N) is 3. The lowest BCUT2D eigenvalue weighted by Crippen LogP contribution is -2.26. The van der Waals surface area contributed by atoms with Crippen molar-refractivity contribution in [1.82, 2.24) is 25.0 Å². The van der Waals surface area contributed by atoms with E-state index < -0.39 is 0 Å². The van der Waals surface area contributed by atoms with E-state index in [-0.39, 0.29) is 5.91 Å². The first-order chi connectivity index (χ1) is 15.5. The van der Waals surface area contributed by atoms with Crippen molar-refractivity contribution in [3.63, 3.8) is 0 Å². The SMILES string of the molecule is CCN(CC)Cc1ccccc1CNC(=O)CCn1c(-c2ccc(OC)cc2)n[nH]c1=S. The standard InChI is InChI=1S/C24H31N5O2S/c1-4-28(5-2)17-20-9-7-6-8-19(20)16-25-22(30)14-15-29-23(26-27-24(29)32)18-10-12-21(31-3)13-11-18/h6-13H,4-5,14-17H2,1-3H3,(H,25,30)(H,27,32). The van der Waals surface area contributed by atoms with Crippen LogP contribution in [0.4, 0.5) is 0 Å². The first kappa shape index (κ1) is 23.7. The van der Waals surface area contributed by atoms with Gasteiger partial charge in [-0.1, -0.05) is 38.1 Å². The molecule has 1 heterocycles. The van der Waals surface area contributed by atoms with Crippen LogP contribution in [0.25, 0.3) is 11.4 Å². The molecule has 0 saturated heterocycles. The van der Waals surface area contributed by atoms with E-state index in [2.05, 4.69) is 46.4 Å². The number of hydrogen-bond acceptors (Lipinski definition) is 5. The first-order valence-electron chi connectivity index (χ1n) is 10.9. The fourth-order valence-electron chi connectivity index (χ4n) is 3.55. The maximum atomic E-state index is 12.6. The Bertz CT molecular complexity index is 1070. The maximum absolute atomic E-state index is 12.6. The van der Waals surface area contributed by atoms with Crippen molar-refractivity contribution in [3.05, 3.63) is 64.4 Å². The van der Waals surface area contributed by atoms with Gasteiger partial charge in [0.1, 0.15) is 5.75 Å². The first-order valence-corrected chi connectivity index (χ1v) is 11.3. The molecular formula is C24H31N5O2S. The Morgan fingerprint density at radius 3 is 2.47 bits per heavy atom. The van der Waals surface area contributed by atoms with E-state index >= 15 is 0 Å². The summed E-state index contributed by atoms with van der Waals surface area (Å²) in [4.78, 5) is 14.9. The van der Waals surface area contributed by atoms with Crippen LogP contribution in [0.2, 0.25) is 0 Å². The third kappa shape index (κ3) is 6.05. The zero-order valence-electron chi connectivity index (χ0n) is 18.9.